The first kappa shape index (κ1) is 23.2. The number of aliphatic carboxylic acids is 1. The van der Waals surface area contributed by atoms with Gasteiger partial charge in [-0.1, -0.05) is 60.7 Å². The van der Waals surface area contributed by atoms with Gasteiger partial charge in [0.2, 0.25) is 0 Å². The molecule has 0 aliphatic heterocycles. The minimum absolute atomic E-state index is 0.0154. The molecule has 4 aromatic rings. The summed E-state index contributed by atoms with van der Waals surface area (Å²) in [4.78, 5) is 28.7. The number of ether oxygens (including phenoxy) is 1. The zero-order valence-corrected chi connectivity index (χ0v) is 19.2. The van der Waals surface area contributed by atoms with E-state index in [2.05, 4.69) is 10.3 Å². The summed E-state index contributed by atoms with van der Waals surface area (Å²) in [7, 11) is 0. The molecule has 36 heavy (non-hydrogen) atoms. The van der Waals surface area contributed by atoms with Crippen molar-refractivity contribution in [3.05, 3.63) is 114 Å². The summed E-state index contributed by atoms with van der Waals surface area (Å²) in [6, 6.07) is 22.5. The Labute approximate surface area is 207 Å². The number of benzene rings is 3. The van der Waals surface area contributed by atoms with Gasteiger partial charge in [0, 0.05) is 30.3 Å². The monoisotopic (exact) mass is 482 g/mol. The minimum atomic E-state index is -1.20. The number of aromatic nitrogens is 1. The molecule has 5 rings (SSSR count). The van der Waals surface area contributed by atoms with Gasteiger partial charge in [0.05, 0.1) is 0 Å². The average Bonchev–Trinajstić information content (AvgIpc) is 3.21. The van der Waals surface area contributed by atoms with E-state index in [1.807, 2.05) is 48.5 Å². The van der Waals surface area contributed by atoms with Crippen LogP contribution in [-0.2, 0) is 16.0 Å². The van der Waals surface area contributed by atoms with Crippen molar-refractivity contribution in [2.45, 2.75) is 18.4 Å². The SMILES string of the molecule is O=C(NC(Cc1cncc(-c2ccc(F)cc2)c1)C(=O)O)OCC1c2ccccc2-c2ccccc21. The van der Waals surface area contributed by atoms with Gasteiger partial charge in [-0.15, -0.1) is 0 Å². The summed E-state index contributed by atoms with van der Waals surface area (Å²) in [5, 5.41) is 12.2. The molecule has 6 nitrogen and oxygen atoms in total. The topological polar surface area (TPSA) is 88.5 Å². The number of carbonyl (C=O) groups excluding carboxylic acids is 1. The summed E-state index contributed by atoms with van der Waals surface area (Å²) in [5.41, 5.74) is 6.45. The van der Waals surface area contributed by atoms with E-state index in [1.54, 1.807) is 30.6 Å². The van der Waals surface area contributed by atoms with Gasteiger partial charge < -0.3 is 15.2 Å². The molecule has 0 fully saturated rings. The van der Waals surface area contributed by atoms with Gasteiger partial charge in [-0.25, -0.2) is 14.0 Å². The van der Waals surface area contributed by atoms with Crippen molar-refractivity contribution in [2.24, 2.45) is 0 Å². The van der Waals surface area contributed by atoms with E-state index in [4.69, 9.17) is 4.74 Å². The van der Waals surface area contributed by atoms with Gasteiger partial charge in [0.25, 0.3) is 0 Å². The third kappa shape index (κ3) is 4.81. The Morgan fingerprint density at radius 1 is 0.917 bits per heavy atom. The maximum atomic E-state index is 13.2. The number of hydrogen-bond acceptors (Lipinski definition) is 4. The van der Waals surface area contributed by atoms with Crippen molar-refractivity contribution in [1.82, 2.24) is 10.3 Å². The Hall–Kier alpha value is -4.52. The van der Waals surface area contributed by atoms with Crippen LogP contribution in [0.2, 0.25) is 0 Å². The largest absolute Gasteiger partial charge is 0.480 e. The fourth-order valence-corrected chi connectivity index (χ4v) is 4.62. The molecule has 1 amide bonds. The molecule has 0 saturated carbocycles. The van der Waals surface area contributed by atoms with E-state index in [-0.39, 0.29) is 24.8 Å². The highest BCUT2D eigenvalue weighted by Gasteiger charge is 2.29. The second-order valence-electron chi connectivity index (χ2n) is 8.65. The van der Waals surface area contributed by atoms with Crippen LogP contribution in [0.25, 0.3) is 22.3 Å². The summed E-state index contributed by atoms with van der Waals surface area (Å²) in [6.45, 7) is 0.0911. The summed E-state index contributed by atoms with van der Waals surface area (Å²) in [5.74, 6) is -1.65. The normalized spacial score (nSPS) is 12.9. The quantitative estimate of drug-likeness (QED) is 0.367. The summed E-state index contributed by atoms with van der Waals surface area (Å²) < 4.78 is 18.7. The molecule has 0 bridgehead atoms. The summed E-state index contributed by atoms with van der Waals surface area (Å²) >= 11 is 0. The number of rotatable bonds is 7. The predicted molar refractivity (Wildman–Crippen MR) is 133 cm³/mol. The highest BCUT2D eigenvalue weighted by atomic mass is 19.1. The molecule has 1 aromatic heterocycles. The zero-order chi connectivity index (χ0) is 25.1. The fourth-order valence-electron chi connectivity index (χ4n) is 4.62. The number of carboxylic acids is 1. The second-order valence-corrected chi connectivity index (χ2v) is 8.65. The van der Waals surface area contributed by atoms with E-state index < -0.39 is 18.1 Å². The first-order valence-electron chi connectivity index (χ1n) is 11.5. The standard InChI is InChI=1S/C29H23FN2O4/c30-21-11-9-19(10-12-21)20-13-18(15-31-16-20)14-27(28(33)34)32-29(35)36-17-26-24-7-3-1-5-22(24)23-6-2-4-8-25(23)26/h1-13,15-16,26-27H,14,17H2,(H,32,35)(H,33,34). The maximum Gasteiger partial charge on any atom is 0.407 e. The number of nitrogens with one attached hydrogen (secondary N) is 1. The summed E-state index contributed by atoms with van der Waals surface area (Å²) in [6.07, 6.45) is 2.38. The van der Waals surface area contributed by atoms with Gasteiger partial charge in [0.1, 0.15) is 18.5 Å². The minimum Gasteiger partial charge on any atom is -0.480 e. The highest BCUT2D eigenvalue weighted by molar-refractivity contribution is 5.81. The Morgan fingerprint density at radius 3 is 2.19 bits per heavy atom. The van der Waals surface area contributed by atoms with Crippen LogP contribution in [0.4, 0.5) is 9.18 Å². The molecule has 3 aromatic carbocycles. The molecule has 0 spiro atoms. The van der Waals surface area contributed by atoms with Gasteiger partial charge in [-0.3, -0.25) is 4.98 Å². The molecule has 7 heteroatoms. The van der Waals surface area contributed by atoms with Crippen molar-refractivity contribution in [1.29, 1.82) is 0 Å². The van der Waals surface area contributed by atoms with E-state index >= 15 is 0 Å². The third-order valence-electron chi connectivity index (χ3n) is 6.35. The number of hydrogen-bond donors (Lipinski definition) is 2. The van der Waals surface area contributed by atoms with Crippen LogP contribution in [0.1, 0.15) is 22.6 Å². The lowest BCUT2D eigenvalue weighted by Crippen LogP contribution is -2.42. The molecule has 1 aliphatic carbocycles. The number of carbonyl (C=O) groups is 2. The molecule has 1 atom stereocenters. The second kappa shape index (κ2) is 10.00. The predicted octanol–water partition coefficient (Wildman–Crippen LogP) is 5.42. The van der Waals surface area contributed by atoms with Crippen LogP contribution < -0.4 is 5.32 Å². The Balaban J connectivity index is 1.26. The number of carboxylic acid groups (broad SMARTS) is 1. The van der Waals surface area contributed by atoms with Crippen molar-refractivity contribution in [3.63, 3.8) is 0 Å². The number of fused-ring (bicyclic) bond motifs is 3. The molecule has 1 heterocycles. The van der Waals surface area contributed by atoms with Crippen molar-refractivity contribution in [2.75, 3.05) is 6.61 Å². The highest BCUT2D eigenvalue weighted by Crippen LogP contribution is 2.44. The van der Waals surface area contributed by atoms with Crippen LogP contribution >= 0.6 is 0 Å². The van der Waals surface area contributed by atoms with Crippen molar-refractivity contribution in [3.8, 4) is 22.3 Å². The first-order valence-corrected chi connectivity index (χ1v) is 11.5. The van der Waals surface area contributed by atoms with E-state index in [0.717, 1.165) is 33.4 Å². The lowest BCUT2D eigenvalue weighted by molar-refractivity contribution is -0.139. The zero-order valence-electron chi connectivity index (χ0n) is 19.2. The van der Waals surface area contributed by atoms with Crippen LogP contribution in [0, 0.1) is 5.82 Å². The number of nitrogens with zero attached hydrogens (tertiary/aromatic N) is 1. The van der Waals surface area contributed by atoms with Crippen LogP contribution in [0.15, 0.2) is 91.3 Å². The molecular weight excluding hydrogens is 459 g/mol. The van der Waals surface area contributed by atoms with Crippen LogP contribution in [-0.4, -0.2) is 34.8 Å². The lowest BCUT2D eigenvalue weighted by Gasteiger charge is -2.17. The Kier molecular flexibility index (Phi) is 6.45. The molecule has 2 N–H and O–H groups in total. The molecule has 0 radical (unpaired) electrons. The van der Waals surface area contributed by atoms with E-state index in [9.17, 15) is 19.1 Å². The van der Waals surface area contributed by atoms with Gasteiger partial charge in [-0.05, 0) is 51.6 Å². The number of pyridine rings is 1. The number of alkyl carbamates (subject to hydrolysis) is 1. The number of amides is 1. The van der Waals surface area contributed by atoms with Gasteiger partial charge in [0.15, 0.2) is 0 Å². The molecule has 0 saturated heterocycles. The lowest BCUT2D eigenvalue weighted by atomic mass is 9.98. The maximum absolute atomic E-state index is 13.2. The smallest absolute Gasteiger partial charge is 0.407 e. The Bertz CT molecular complexity index is 1380. The fraction of sp³-hybridized carbons (Fsp3) is 0.138. The van der Waals surface area contributed by atoms with E-state index in [0.29, 0.717) is 5.56 Å². The van der Waals surface area contributed by atoms with E-state index in [1.165, 1.54) is 12.1 Å². The van der Waals surface area contributed by atoms with Crippen LogP contribution in [0.5, 0.6) is 0 Å². The Morgan fingerprint density at radius 2 is 1.56 bits per heavy atom. The van der Waals surface area contributed by atoms with Gasteiger partial charge in [-0.2, -0.15) is 0 Å². The van der Waals surface area contributed by atoms with Crippen LogP contribution in [0.3, 0.4) is 0 Å². The molecular formula is C29H23FN2O4. The molecule has 1 unspecified atom stereocenters. The van der Waals surface area contributed by atoms with Gasteiger partial charge >= 0.3 is 12.1 Å². The third-order valence-corrected chi connectivity index (χ3v) is 6.35. The first-order chi connectivity index (χ1) is 17.5. The molecule has 1 aliphatic rings. The van der Waals surface area contributed by atoms with Crippen molar-refractivity contribution < 1.29 is 23.8 Å². The average molecular weight is 483 g/mol. The molecule has 180 valence electrons. The number of halogens is 1. The van der Waals surface area contributed by atoms with Crippen molar-refractivity contribution >= 4 is 12.1 Å².